The molecule has 0 aromatic rings. The van der Waals surface area contributed by atoms with Crippen LogP contribution in [0.15, 0.2) is 0 Å². The number of amides is 2. The highest BCUT2D eigenvalue weighted by molar-refractivity contribution is 5.73. The van der Waals surface area contributed by atoms with Crippen molar-refractivity contribution in [1.82, 2.24) is 10.2 Å². The zero-order valence-electron chi connectivity index (χ0n) is 11.5. The average Bonchev–Trinajstić information content (AvgIpc) is 2.39. The molecule has 1 atom stereocenters. The van der Waals surface area contributed by atoms with Crippen LogP contribution in [0, 0.1) is 0 Å². The molecular formula is C12H22N2O4. The van der Waals surface area contributed by atoms with Crippen molar-refractivity contribution in [3.8, 4) is 0 Å². The Kier molecular flexibility index (Phi) is 4.95. The van der Waals surface area contributed by atoms with Crippen molar-refractivity contribution in [3.63, 3.8) is 0 Å². The molecule has 0 spiro atoms. The quantitative estimate of drug-likeness (QED) is 0.754. The number of carbonyl (C=O) groups excluding carboxylic acids is 2. The molecule has 1 aliphatic rings. The Labute approximate surface area is 108 Å². The van der Waals surface area contributed by atoms with Crippen LogP contribution in [0.4, 0.5) is 4.79 Å². The lowest BCUT2D eigenvalue weighted by Gasteiger charge is -2.27. The third kappa shape index (κ3) is 5.35. The molecule has 0 bridgehead atoms. The second-order valence-corrected chi connectivity index (χ2v) is 5.40. The average molecular weight is 258 g/mol. The van der Waals surface area contributed by atoms with Gasteiger partial charge in [0.2, 0.25) is 5.91 Å². The SMILES string of the molecule is CC(=O)NC1COCCN(C(=O)OC(C)(C)C)C1. The van der Waals surface area contributed by atoms with Gasteiger partial charge in [0.25, 0.3) is 0 Å². The summed E-state index contributed by atoms with van der Waals surface area (Å²) in [5.41, 5.74) is -0.520. The summed E-state index contributed by atoms with van der Waals surface area (Å²) >= 11 is 0. The highest BCUT2D eigenvalue weighted by atomic mass is 16.6. The minimum absolute atomic E-state index is 0.130. The van der Waals surface area contributed by atoms with Crippen LogP contribution in [0.2, 0.25) is 0 Å². The van der Waals surface area contributed by atoms with E-state index in [1.54, 1.807) is 4.90 Å². The monoisotopic (exact) mass is 258 g/mol. The van der Waals surface area contributed by atoms with Crippen LogP contribution in [-0.4, -0.2) is 54.8 Å². The van der Waals surface area contributed by atoms with E-state index in [9.17, 15) is 9.59 Å². The molecule has 1 fully saturated rings. The molecule has 1 unspecified atom stereocenters. The molecule has 6 heteroatoms. The maximum absolute atomic E-state index is 11.9. The molecule has 0 aromatic carbocycles. The molecule has 0 radical (unpaired) electrons. The van der Waals surface area contributed by atoms with Gasteiger partial charge < -0.3 is 19.7 Å². The minimum Gasteiger partial charge on any atom is -0.444 e. The molecule has 1 saturated heterocycles. The zero-order chi connectivity index (χ0) is 13.8. The molecule has 2 amide bonds. The Bertz CT molecular complexity index is 312. The van der Waals surface area contributed by atoms with Gasteiger partial charge in [0.05, 0.1) is 19.3 Å². The summed E-state index contributed by atoms with van der Waals surface area (Å²) in [5, 5.41) is 2.76. The van der Waals surface area contributed by atoms with Crippen LogP contribution >= 0.6 is 0 Å². The first-order valence-corrected chi connectivity index (χ1v) is 6.11. The molecule has 0 aromatic heterocycles. The van der Waals surface area contributed by atoms with Gasteiger partial charge >= 0.3 is 6.09 Å². The van der Waals surface area contributed by atoms with E-state index in [-0.39, 0.29) is 18.0 Å². The highest BCUT2D eigenvalue weighted by Crippen LogP contribution is 2.11. The lowest BCUT2D eigenvalue weighted by molar-refractivity contribution is -0.120. The van der Waals surface area contributed by atoms with Crippen LogP contribution < -0.4 is 5.32 Å². The molecule has 6 nitrogen and oxygen atoms in total. The predicted molar refractivity (Wildman–Crippen MR) is 66.2 cm³/mol. The number of nitrogens with zero attached hydrogens (tertiary/aromatic N) is 1. The third-order valence-electron chi connectivity index (χ3n) is 2.32. The maximum atomic E-state index is 11.9. The van der Waals surface area contributed by atoms with E-state index in [0.717, 1.165) is 0 Å². The Morgan fingerprint density at radius 2 is 2.06 bits per heavy atom. The second kappa shape index (κ2) is 6.04. The van der Waals surface area contributed by atoms with Gasteiger partial charge in [0.15, 0.2) is 0 Å². The van der Waals surface area contributed by atoms with Crippen LogP contribution in [0.25, 0.3) is 0 Å². The normalized spacial score (nSPS) is 21.1. The maximum Gasteiger partial charge on any atom is 0.410 e. The Morgan fingerprint density at radius 1 is 1.39 bits per heavy atom. The van der Waals surface area contributed by atoms with Gasteiger partial charge in [-0.2, -0.15) is 0 Å². The fourth-order valence-electron chi connectivity index (χ4n) is 1.68. The first kappa shape index (κ1) is 14.8. The molecular weight excluding hydrogens is 236 g/mol. The number of hydrogen-bond acceptors (Lipinski definition) is 4. The Morgan fingerprint density at radius 3 is 2.61 bits per heavy atom. The molecule has 1 N–H and O–H groups in total. The summed E-state index contributed by atoms with van der Waals surface area (Å²) < 4.78 is 10.7. The highest BCUT2D eigenvalue weighted by Gasteiger charge is 2.26. The van der Waals surface area contributed by atoms with Crippen molar-refractivity contribution in [2.45, 2.75) is 39.3 Å². The third-order valence-corrected chi connectivity index (χ3v) is 2.32. The summed E-state index contributed by atoms with van der Waals surface area (Å²) in [6, 6.07) is -0.183. The van der Waals surface area contributed by atoms with Crippen LogP contribution in [0.5, 0.6) is 0 Å². The Balaban J connectivity index is 2.58. The summed E-state index contributed by atoms with van der Waals surface area (Å²) in [6.45, 7) is 8.68. The number of rotatable bonds is 1. The summed E-state index contributed by atoms with van der Waals surface area (Å²) in [5.74, 6) is -0.130. The fourth-order valence-corrected chi connectivity index (χ4v) is 1.68. The molecule has 1 aliphatic heterocycles. The number of ether oxygens (including phenoxy) is 2. The van der Waals surface area contributed by atoms with E-state index in [1.807, 2.05) is 20.8 Å². The van der Waals surface area contributed by atoms with Crippen LogP contribution in [0.3, 0.4) is 0 Å². The largest absolute Gasteiger partial charge is 0.444 e. The molecule has 0 aliphatic carbocycles. The fraction of sp³-hybridized carbons (Fsp3) is 0.833. The van der Waals surface area contributed by atoms with Crippen molar-refractivity contribution >= 4 is 12.0 Å². The summed E-state index contributed by atoms with van der Waals surface area (Å²) in [7, 11) is 0. The lowest BCUT2D eigenvalue weighted by atomic mass is 10.2. The molecule has 1 rings (SSSR count). The standard InChI is InChI=1S/C12H22N2O4/c1-9(15)13-10-7-14(5-6-17-8-10)11(16)18-12(2,3)4/h10H,5-8H2,1-4H3,(H,13,15). The van der Waals surface area contributed by atoms with Gasteiger partial charge in [-0.3, -0.25) is 4.79 Å². The smallest absolute Gasteiger partial charge is 0.410 e. The first-order valence-electron chi connectivity index (χ1n) is 6.11. The number of carbonyl (C=O) groups is 2. The van der Waals surface area contributed by atoms with Crippen LogP contribution in [-0.2, 0) is 14.3 Å². The molecule has 104 valence electrons. The summed E-state index contributed by atoms with van der Waals surface area (Å²) in [4.78, 5) is 24.5. The first-order chi connectivity index (χ1) is 8.28. The second-order valence-electron chi connectivity index (χ2n) is 5.40. The van der Waals surface area contributed by atoms with E-state index in [0.29, 0.717) is 26.3 Å². The van der Waals surface area contributed by atoms with E-state index in [1.165, 1.54) is 6.92 Å². The van der Waals surface area contributed by atoms with Gasteiger partial charge in [0, 0.05) is 20.0 Å². The van der Waals surface area contributed by atoms with E-state index in [2.05, 4.69) is 5.32 Å². The van der Waals surface area contributed by atoms with E-state index < -0.39 is 5.60 Å². The zero-order valence-corrected chi connectivity index (χ0v) is 11.5. The molecule has 18 heavy (non-hydrogen) atoms. The minimum atomic E-state index is -0.520. The van der Waals surface area contributed by atoms with Gasteiger partial charge in [-0.15, -0.1) is 0 Å². The Hall–Kier alpha value is -1.30. The predicted octanol–water partition coefficient (Wildman–Crippen LogP) is 0.758. The van der Waals surface area contributed by atoms with Crippen molar-refractivity contribution < 1.29 is 19.1 Å². The van der Waals surface area contributed by atoms with Gasteiger partial charge in [-0.05, 0) is 20.8 Å². The van der Waals surface area contributed by atoms with Gasteiger partial charge in [-0.1, -0.05) is 0 Å². The van der Waals surface area contributed by atoms with Crippen molar-refractivity contribution in [3.05, 3.63) is 0 Å². The van der Waals surface area contributed by atoms with Crippen molar-refractivity contribution in [2.75, 3.05) is 26.3 Å². The molecule has 0 saturated carbocycles. The number of hydrogen-bond donors (Lipinski definition) is 1. The van der Waals surface area contributed by atoms with E-state index in [4.69, 9.17) is 9.47 Å². The van der Waals surface area contributed by atoms with Crippen molar-refractivity contribution in [2.24, 2.45) is 0 Å². The summed E-state index contributed by atoms with van der Waals surface area (Å²) in [6.07, 6.45) is -0.372. The molecule has 1 heterocycles. The van der Waals surface area contributed by atoms with Gasteiger partial charge in [-0.25, -0.2) is 4.79 Å². The topological polar surface area (TPSA) is 67.9 Å². The number of nitrogens with one attached hydrogen (secondary N) is 1. The van der Waals surface area contributed by atoms with Crippen molar-refractivity contribution in [1.29, 1.82) is 0 Å². The van der Waals surface area contributed by atoms with Crippen LogP contribution in [0.1, 0.15) is 27.7 Å². The van der Waals surface area contributed by atoms with Gasteiger partial charge in [0.1, 0.15) is 5.60 Å². The van der Waals surface area contributed by atoms with E-state index >= 15 is 0 Å². The lowest BCUT2D eigenvalue weighted by Crippen LogP contribution is -2.47.